The standard InChI is InChI=1S/C23H23N5/c1-15-12-16(2)14-18(13-15)24-22-19-10-6-7-11-20(19)25-23-26-21(27-28(22)23)17-8-4-3-5-9-17/h3-5,8-9,12-14,24H,6-7,10-11H2,1-2H3. The van der Waals surface area contributed by atoms with E-state index in [0.717, 1.165) is 35.6 Å². The van der Waals surface area contributed by atoms with E-state index in [-0.39, 0.29) is 0 Å². The molecular weight excluding hydrogens is 346 g/mol. The van der Waals surface area contributed by atoms with E-state index in [0.29, 0.717) is 11.6 Å². The third-order valence-electron chi connectivity index (χ3n) is 5.28. The van der Waals surface area contributed by atoms with Crippen LogP contribution < -0.4 is 5.32 Å². The SMILES string of the molecule is Cc1cc(C)cc(Nc2c3c(nc4nc(-c5ccccc5)nn24)CCCC3)c1. The van der Waals surface area contributed by atoms with Crippen LogP contribution >= 0.6 is 0 Å². The van der Waals surface area contributed by atoms with Crippen LogP contribution in [0.1, 0.15) is 35.2 Å². The number of hydrogen-bond donors (Lipinski definition) is 1. The third kappa shape index (κ3) is 3.03. The molecule has 5 heteroatoms. The Balaban J connectivity index is 1.69. The van der Waals surface area contributed by atoms with Crippen LogP contribution in [0.3, 0.4) is 0 Å². The molecule has 1 aliphatic carbocycles. The van der Waals surface area contributed by atoms with Crippen LogP contribution in [0.2, 0.25) is 0 Å². The molecule has 0 radical (unpaired) electrons. The first-order chi connectivity index (χ1) is 13.7. The number of aromatic nitrogens is 4. The number of anilines is 2. The highest BCUT2D eigenvalue weighted by molar-refractivity contribution is 5.66. The van der Waals surface area contributed by atoms with Crippen molar-refractivity contribution in [1.29, 1.82) is 0 Å². The van der Waals surface area contributed by atoms with Gasteiger partial charge in [-0.15, -0.1) is 5.10 Å². The zero-order valence-electron chi connectivity index (χ0n) is 16.2. The summed E-state index contributed by atoms with van der Waals surface area (Å²) in [6, 6.07) is 16.6. The van der Waals surface area contributed by atoms with Gasteiger partial charge >= 0.3 is 0 Å². The van der Waals surface area contributed by atoms with Crippen molar-refractivity contribution in [2.45, 2.75) is 39.5 Å². The Morgan fingerprint density at radius 3 is 2.43 bits per heavy atom. The smallest absolute Gasteiger partial charge is 0.254 e. The van der Waals surface area contributed by atoms with E-state index >= 15 is 0 Å². The number of nitrogens with one attached hydrogen (secondary N) is 1. The van der Waals surface area contributed by atoms with Gasteiger partial charge in [-0.25, -0.2) is 4.98 Å². The van der Waals surface area contributed by atoms with Crippen molar-refractivity contribution in [3.05, 3.63) is 70.9 Å². The highest BCUT2D eigenvalue weighted by Crippen LogP contribution is 2.31. The summed E-state index contributed by atoms with van der Waals surface area (Å²) in [5.41, 5.74) is 6.98. The fourth-order valence-corrected chi connectivity index (χ4v) is 4.06. The number of benzene rings is 2. The number of nitrogens with zero attached hydrogens (tertiary/aromatic N) is 4. The predicted octanol–water partition coefficient (Wildman–Crippen LogP) is 5.03. The van der Waals surface area contributed by atoms with Crippen molar-refractivity contribution in [3.63, 3.8) is 0 Å². The van der Waals surface area contributed by atoms with Crippen LogP contribution in [-0.4, -0.2) is 19.6 Å². The van der Waals surface area contributed by atoms with Crippen molar-refractivity contribution in [2.75, 3.05) is 5.32 Å². The quantitative estimate of drug-likeness (QED) is 0.550. The third-order valence-corrected chi connectivity index (χ3v) is 5.28. The topological polar surface area (TPSA) is 55.1 Å². The van der Waals surface area contributed by atoms with Gasteiger partial charge in [0.1, 0.15) is 5.82 Å². The normalized spacial score (nSPS) is 13.5. The minimum atomic E-state index is 0.659. The number of hydrogen-bond acceptors (Lipinski definition) is 4. The molecule has 4 aromatic rings. The molecule has 28 heavy (non-hydrogen) atoms. The molecule has 140 valence electrons. The van der Waals surface area contributed by atoms with E-state index in [2.05, 4.69) is 37.4 Å². The number of aryl methyl sites for hydroxylation is 3. The second kappa shape index (κ2) is 6.75. The molecule has 5 rings (SSSR count). The van der Waals surface area contributed by atoms with E-state index in [1.807, 2.05) is 34.8 Å². The second-order valence-electron chi connectivity index (χ2n) is 7.61. The molecule has 0 amide bonds. The van der Waals surface area contributed by atoms with Crippen LogP contribution in [0.15, 0.2) is 48.5 Å². The first-order valence-corrected chi connectivity index (χ1v) is 9.87. The van der Waals surface area contributed by atoms with Gasteiger partial charge in [0.25, 0.3) is 5.78 Å². The number of fused-ring (bicyclic) bond motifs is 2. The molecule has 2 heterocycles. The summed E-state index contributed by atoms with van der Waals surface area (Å²) < 4.78 is 1.88. The molecule has 2 aromatic carbocycles. The minimum Gasteiger partial charge on any atom is -0.340 e. The molecule has 0 unspecified atom stereocenters. The number of rotatable bonds is 3. The molecule has 0 aliphatic heterocycles. The zero-order chi connectivity index (χ0) is 19.1. The van der Waals surface area contributed by atoms with Gasteiger partial charge in [-0.05, 0) is 62.8 Å². The molecular formula is C23H23N5. The summed E-state index contributed by atoms with van der Waals surface area (Å²) in [6.07, 6.45) is 4.38. The maximum Gasteiger partial charge on any atom is 0.254 e. The van der Waals surface area contributed by atoms with Crippen LogP contribution in [0.25, 0.3) is 17.2 Å². The summed E-state index contributed by atoms with van der Waals surface area (Å²) in [7, 11) is 0. The average molecular weight is 369 g/mol. The summed E-state index contributed by atoms with van der Waals surface area (Å²) >= 11 is 0. The van der Waals surface area contributed by atoms with Gasteiger partial charge < -0.3 is 5.32 Å². The summed E-state index contributed by atoms with van der Waals surface area (Å²) in [5, 5.41) is 8.45. The summed E-state index contributed by atoms with van der Waals surface area (Å²) in [6.45, 7) is 4.25. The lowest BCUT2D eigenvalue weighted by molar-refractivity contribution is 0.662. The van der Waals surface area contributed by atoms with E-state index in [1.165, 1.54) is 29.5 Å². The van der Waals surface area contributed by atoms with Gasteiger partial charge in [-0.3, -0.25) is 0 Å². The fourth-order valence-electron chi connectivity index (χ4n) is 4.06. The highest BCUT2D eigenvalue weighted by atomic mass is 15.4. The zero-order valence-corrected chi connectivity index (χ0v) is 16.2. The van der Waals surface area contributed by atoms with E-state index < -0.39 is 0 Å². The van der Waals surface area contributed by atoms with Gasteiger partial charge in [-0.2, -0.15) is 9.50 Å². The Labute approximate surface area is 164 Å². The molecule has 0 atom stereocenters. The van der Waals surface area contributed by atoms with Gasteiger partial charge in [-0.1, -0.05) is 36.4 Å². The lowest BCUT2D eigenvalue weighted by Crippen LogP contribution is -2.13. The van der Waals surface area contributed by atoms with E-state index in [9.17, 15) is 0 Å². The first kappa shape index (κ1) is 16.9. The lowest BCUT2D eigenvalue weighted by Gasteiger charge is -2.20. The summed E-state index contributed by atoms with van der Waals surface area (Å²) in [5.74, 6) is 2.37. The Morgan fingerprint density at radius 1 is 0.893 bits per heavy atom. The highest BCUT2D eigenvalue weighted by Gasteiger charge is 2.21. The van der Waals surface area contributed by atoms with Gasteiger partial charge in [0.05, 0.1) is 5.69 Å². The van der Waals surface area contributed by atoms with E-state index in [4.69, 9.17) is 15.1 Å². The fraction of sp³-hybridized carbons (Fsp3) is 0.261. The Bertz CT molecular complexity index is 1140. The Morgan fingerprint density at radius 2 is 1.64 bits per heavy atom. The van der Waals surface area contributed by atoms with Crippen LogP contribution in [0.4, 0.5) is 11.5 Å². The van der Waals surface area contributed by atoms with Crippen molar-refractivity contribution < 1.29 is 0 Å². The van der Waals surface area contributed by atoms with Crippen molar-refractivity contribution in [3.8, 4) is 11.4 Å². The second-order valence-corrected chi connectivity index (χ2v) is 7.61. The van der Waals surface area contributed by atoms with Crippen molar-refractivity contribution in [2.24, 2.45) is 0 Å². The molecule has 0 saturated carbocycles. The van der Waals surface area contributed by atoms with Crippen LogP contribution in [0, 0.1) is 13.8 Å². The molecule has 0 saturated heterocycles. The molecule has 1 N–H and O–H groups in total. The maximum absolute atomic E-state index is 4.85. The minimum absolute atomic E-state index is 0.659. The van der Waals surface area contributed by atoms with Crippen LogP contribution in [-0.2, 0) is 12.8 Å². The van der Waals surface area contributed by atoms with Gasteiger partial charge in [0, 0.05) is 16.8 Å². The maximum atomic E-state index is 4.85. The Kier molecular flexibility index (Phi) is 4.08. The summed E-state index contributed by atoms with van der Waals surface area (Å²) in [4.78, 5) is 9.58. The van der Waals surface area contributed by atoms with Crippen molar-refractivity contribution >= 4 is 17.3 Å². The molecule has 5 nitrogen and oxygen atoms in total. The largest absolute Gasteiger partial charge is 0.340 e. The molecule has 0 bridgehead atoms. The van der Waals surface area contributed by atoms with Crippen LogP contribution in [0.5, 0.6) is 0 Å². The van der Waals surface area contributed by atoms with Crippen molar-refractivity contribution in [1.82, 2.24) is 19.6 Å². The predicted molar refractivity (Wildman–Crippen MR) is 112 cm³/mol. The molecule has 0 spiro atoms. The lowest BCUT2D eigenvalue weighted by atomic mass is 9.96. The molecule has 0 fully saturated rings. The van der Waals surface area contributed by atoms with E-state index in [1.54, 1.807) is 0 Å². The Hall–Kier alpha value is -3.21. The van der Waals surface area contributed by atoms with Gasteiger partial charge in [0.2, 0.25) is 0 Å². The first-order valence-electron chi connectivity index (χ1n) is 9.87. The molecule has 2 aromatic heterocycles. The van der Waals surface area contributed by atoms with Gasteiger partial charge in [0.15, 0.2) is 5.82 Å². The average Bonchev–Trinajstić information content (AvgIpc) is 3.12. The monoisotopic (exact) mass is 369 g/mol. The molecule has 1 aliphatic rings.